The van der Waals surface area contributed by atoms with Gasteiger partial charge in [0, 0.05) is 48.3 Å². The lowest BCUT2D eigenvalue weighted by Crippen LogP contribution is -2.40. The van der Waals surface area contributed by atoms with Crippen molar-refractivity contribution >= 4 is 22.8 Å². The van der Waals surface area contributed by atoms with Crippen molar-refractivity contribution in [2.75, 3.05) is 26.3 Å². The molecule has 2 aromatic rings. The molecule has 2 N–H and O–H groups in total. The highest BCUT2D eigenvalue weighted by Crippen LogP contribution is 2.44. The van der Waals surface area contributed by atoms with Crippen LogP contribution in [-0.2, 0) is 20.7 Å². The van der Waals surface area contributed by atoms with E-state index in [9.17, 15) is 14.7 Å². The summed E-state index contributed by atoms with van der Waals surface area (Å²) in [5.74, 6) is -1.29. The molecule has 0 aliphatic carbocycles. The van der Waals surface area contributed by atoms with Crippen LogP contribution in [0.1, 0.15) is 35.2 Å². The molecule has 2 fully saturated rings. The van der Waals surface area contributed by atoms with Crippen LogP contribution >= 0.6 is 0 Å². The zero-order valence-electron chi connectivity index (χ0n) is 16.8. The minimum atomic E-state index is -0.799. The third-order valence-corrected chi connectivity index (χ3v) is 6.80. The highest BCUT2D eigenvalue weighted by atomic mass is 16.5. The summed E-state index contributed by atoms with van der Waals surface area (Å²) in [6.07, 6.45) is 1.71. The van der Waals surface area contributed by atoms with Gasteiger partial charge in [0.05, 0.1) is 12.3 Å². The minimum absolute atomic E-state index is 0.0134. The van der Waals surface area contributed by atoms with Crippen LogP contribution in [-0.4, -0.2) is 53.2 Å². The Labute approximate surface area is 164 Å². The number of carboxylic acid groups (broad SMARTS) is 1. The van der Waals surface area contributed by atoms with Crippen molar-refractivity contribution in [2.45, 2.75) is 40.0 Å². The molecular formula is C22H28N2O4. The molecule has 2 aliphatic rings. The van der Waals surface area contributed by atoms with Gasteiger partial charge in [-0.3, -0.25) is 9.59 Å². The van der Waals surface area contributed by atoms with Crippen LogP contribution in [0.3, 0.4) is 0 Å². The third kappa shape index (κ3) is 3.00. The summed E-state index contributed by atoms with van der Waals surface area (Å²) in [7, 11) is 0. The number of hydrogen-bond acceptors (Lipinski definition) is 3. The van der Waals surface area contributed by atoms with Crippen LogP contribution in [0.15, 0.2) is 12.1 Å². The molecule has 1 aromatic heterocycles. The first-order chi connectivity index (χ1) is 13.3. The molecule has 28 heavy (non-hydrogen) atoms. The lowest BCUT2D eigenvalue weighted by atomic mass is 9.72. The molecule has 1 atom stereocenters. The molecule has 3 heterocycles. The van der Waals surface area contributed by atoms with Crippen molar-refractivity contribution in [3.63, 3.8) is 0 Å². The van der Waals surface area contributed by atoms with E-state index < -0.39 is 11.9 Å². The fraction of sp³-hybridized carbons (Fsp3) is 0.545. The van der Waals surface area contributed by atoms with Crippen LogP contribution < -0.4 is 0 Å². The van der Waals surface area contributed by atoms with Gasteiger partial charge >= 0.3 is 5.97 Å². The second-order valence-corrected chi connectivity index (χ2v) is 8.49. The van der Waals surface area contributed by atoms with Crippen LogP contribution in [0.4, 0.5) is 0 Å². The fourth-order valence-electron chi connectivity index (χ4n) is 5.08. The highest BCUT2D eigenvalue weighted by molar-refractivity contribution is 5.94. The van der Waals surface area contributed by atoms with Gasteiger partial charge in [0.15, 0.2) is 0 Å². The van der Waals surface area contributed by atoms with E-state index in [0.29, 0.717) is 45.6 Å². The van der Waals surface area contributed by atoms with E-state index in [0.717, 1.165) is 33.3 Å². The average molecular weight is 384 g/mol. The van der Waals surface area contributed by atoms with Crippen molar-refractivity contribution in [2.24, 2.45) is 11.3 Å². The number of rotatable bonds is 3. The van der Waals surface area contributed by atoms with Gasteiger partial charge in [-0.25, -0.2) is 0 Å². The maximum atomic E-state index is 13.2. The summed E-state index contributed by atoms with van der Waals surface area (Å²) >= 11 is 0. The first kappa shape index (κ1) is 19.0. The van der Waals surface area contributed by atoms with Crippen molar-refractivity contribution in [1.29, 1.82) is 0 Å². The first-order valence-electron chi connectivity index (χ1n) is 9.98. The van der Waals surface area contributed by atoms with Crippen LogP contribution in [0.2, 0.25) is 0 Å². The summed E-state index contributed by atoms with van der Waals surface area (Å²) < 4.78 is 5.45. The quantitative estimate of drug-likeness (QED) is 0.852. The molecule has 1 amide bonds. The van der Waals surface area contributed by atoms with Gasteiger partial charge in [0.2, 0.25) is 5.91 Å². The number of benzene rings is 1. The summed E-state index contributed by atoms with van der Waals surface area (Å²) in [5, 5.41) is 10.9. The standard InChI is InChI=1S/C22H28N2O4/c1-13-4-5-14(2)20-19(13)16(15(3)23-20)10-18(25)24-11-17(21(26)27)22(12-24)6-8-28-9-7-22/h4-5,17,23H,6-12H2,1-3H3,(H,26,27). The Balaban J connectivity index is 1.61. The Hall–Kier alpha value is -2.34. The Bertz CT molecular complexity index is 940. The van der Waals surface area contributed by atoms with Crippen molar-refractivity contribution in [3.05, 3.63) is 34.5 Å². The number of H-pyrrole nitrogens is 1. The van der Waals surface area contributed by atoms with E-state index in [4.69, 9.17) is 4.74 Å². The average Bonchev–Trinajstić information content (AvgIpc) is 3.19. The normalized spacial score (nSPS) is 21.5. The summed E-state index contributed by atoms with van der Waals surface area (Å²) in [6.45, 7) is 8.11. The molecule has 6 nitrogen and oxygen atoms in total. The van der Waals surface area contributed by atoms with Gasteiger partial charge in [-0.1, -0.05) is 12.1 Å². The number of ether oxygens (including phenoxy) is 1. The number of fused-ring (bicyclic) bond motifs is 1. The van der Waals surface area contributed by atoms with E-state index in [1.54, 1.807) is 4.90 Å². The molecule has 0 radical (unpaired) electrons. The molecule has 4 rings (SSSR count). The second kappa shape index (κ2) is 6.92. The fourth-order valence-corrected chi connectivity index (χ4v) is 5.08. The Kier molecular flexibility index (Phi) is 4.70. The summed E-state index contributed by atoms with van der Waals surface area (Å²) in [6, 6.07) is 4.18. The monoisotopic (exact) mass is 384 g/mol. The number of aromatic nitrogens is 1. The minimum Gasteiger partial charge on any atom is -0.481 e. The lowest BCUT2D eigenvalue weighted by molar-refractivity contribution is -0.146. The topological polar surface area (TPSA) is 82.6 Å². The van der Waals surface area contributed by atoms with Gasteiger partial charge in [0.25, 0.3) is 0 Å². The van der Waals surface area contributed by atoms with Gasteiger partial charge in [-0.2, -0.15) is 0 Å². The number of likely N-dealkylation sites (tertiary alicyclic amines) is 1. The van der Waals surface area contributed by atoms with E-state index in [2.05, 4.69) is 31.0 Å². The second-order valence-electron chi connectivity index (χ2n) is 8.49. The first-order valence-corrected chi connectivity index (χ1v) is 9.98. The summed E-state index contributed by atoms with van der Waals surface area (Å²) in [4.78, 5) is 30.3. The predicted molar refractivity (Wildman–Crippen MR) is 106 cm³/mol. The van der Waals surface area contributed by atoms with E-state index >= 15 is 0 Å². The molecule has 2 aliphatic heterocycles. The maximum Gasteiger partial charge on any atom is 0.308 e. The molecular weight excluding hydrogens is 356 g/mol. The molecule has 1 spiro atoms. The Morgan fingerprint density at radius 2 is 1.89 bits per heavy atom. The van der Waals surface area contributed by atoms with Crippen LogP contribution in [0.25, 0.3) is 10.9 Å². The zero-order chi connectivity index (χ0) is 20.1. The van der Waals surface area contributed by atoms with Gasteiger partial charge in [0.1, 0.15) is 0 Å². The Morgan fingerprint density at radius 3 is 2.57 bits per heavy atom. The highest BCUT2D eigenvalue weighted by Gasteiger charge is 2.51. The Morgan fingerprint density at radius 1 is 1.21 bits per heavy atom. The number of nitrogens with zero attached hydrogens (tertiary/aromatic N) is 1. The number of carboxylic acids is 1. The number of hydrogen-bond donors (Lipinski definition) is 2. The molecule has 1 aromatic carbocycles. The molecule has 0 saturated carbocycles. The van der Waals surface area contributed by atoms with Crippen molar-refractivity contribution in [1.82, 2.24) is 9.88 Å². The predicted octanol–water partition coefficient (Wildman–Crippen LogP) is 2.98. The third-order valence-electron chi connectivity index (χ3n) is 6.80. The number of carbonyl (C=O) groups excluding carboxylic acids is 1. The van der Waals surface area contributed by atoms with E-state index in [1.165, 1.54) is 0 Å². The van der Waals surface area contributed by atoms with Gasteiger partial charge in [-0.15, -0.1) is 0 Å². The molecule has 0 bridgehead atoms. The van der Waals surface area contributed by atoms with Crippen LogP contribution in [0, 0.1) is 32.1 Å². The summed E-state index contributed by atoms with van der Waals surface area (Å²) in [5.41, 5.74) is 5.10. The number of nitrogens with one attached hydrogen (secondary N) is 1. The molecule has 1 unspecified atom stereocenters. The molecule has 6 heteroatoms. The number of aryl methyl sites for hydroxylation is 3. The van der Waals surface area contributed by atoms with Crippen molar-refractivity contribution in [3.8, 4) is 0 Å². The lowest BCUT2D eigenvalue weighted by Gasteiger charge is -2.36. The van der Waals surface area contributed by atoms with E-state index in [-0.39, 0.29) is 11.3 Å². The van der Waals surface area contributed by atoms with Crippen molar-refractivity contribution < 1.29 is 19.4 Å². The molecule has 150 valence electrons. The van der Waals surface area contributed by atoms with Gasteiger partial charge < -0.3 is 19.7 Å². The number of amides is 1. The van der Waals surface area contributed by atoms with Crippen LogP contribution in [0.5, 0.6) is 0 Å². The largest absolute Gasteiger partial charge is 0.481 e. The SMILES string of the molecule is Cc1[nH]c2c(C)ccc(C)c2c1CC(=O)N1CC(C(=O)O)C2(CCOCC2)C1. The molecule has 2 saturated heterocycles. The van der Waals surface area contributed by atoms with Gasteiger partial charge in [-0.05, 0) is 50.3 Å². The van der Waals surface area contributed by atoms with E-state index in [1.807, 2.05) is 6.92 Å². The number of carbonyl (C=O) groups is 2. The number of aromatic amines is 1. The maximum absolute atomic E-state index is 13.2. The zero-order valence-corrected chi connectivity index (χ0v) is 16.8. The number of aliphatic carboxylic acids is 1. The smallest absolute Gasteiger partial charge is 0.308 e.